The van der Waals surface area contributed by atoms with E-state index in [1.165, 1.54) is 12.8 Å². The van der Waals surface area contributed by atoms with Crippen LogP contribution in [0, 0.1) is 17.3 Å². The van der Waals surface area contributed by atoms with Gasteiger partial charge >= 0.3 is 0 Å². The van der Waals surface area contributed by atoms with E-state index in [1.54, 1.807) is 0 Å². The van der Waals surface area contributed by atoms with Crippen molar-refractivity contribution < 1.29 is 4.79 Å². The number of nitrogens with one attached hydrogen (secondary N) is 1. The van der Waals surface area contributed by atoms with Crippen LogP contribution in [0.25, 0.3) is 0 Å². The zero-order valence-electron chi connectivity index (χ0n) is 13.0. The number of hydrogen-bond donors (Lipinski definition) is 1. The molecule has 112 valence electrons. The van der Waals surface area contributed by atoms with Crippen LogP contribution in [0.2, 0.25) is 0 Å². The smallest absolute Gasteiger partial charge is 0.226 e. The summed E-state index contributed by atoms with van der Waals surface area (Å²) in [6.45, 7) is 9.34. The lowest BCUT2D eigenvalue weighted by atomic mass is 9.77. The maximum Gasteiger partial charge on any atom is 0.226 e. The summed E-state index contributed by atoms with van der Waals surface area (Å²) in [4.78, 5) is 12.5. The number of rotatable bonds is 7. The quantitative estimate of drug-likeness (QED) is 0.693. The van der Waals surface area contributed by atoms with Gasteiger partial charge in [-0.1, -0.05) is 40.5 Å². The third kappa shape index (κ3) is 5.33. The van der Waals surface area contributed by atoms with Crippen LogP contribution in [-0.4, -0.2) is 17.8 Å². The van der Waals surface area contributed by atoms with Crippen LogP contribution < -0.4 is 5.32 Å². The minimum atomic E-state index is -0.109. The Balaban J connectivity index is 2.49. The molecule has 1 N–H and O–H groups in total. The summed E-state index contributed by atoms with van der Waals surface area (Å²) in [5.41, 5.74) is -0.109. The van der Waals surface area contributed by atoms with Gasteiger partial charge in [0.25, 0.3) is 0 Å². The van der Waals surface area contributed by atoms with Gasteiger partial charge in [-0.05, 0) is 37.5 Å². The SMILES string of the molecule is CC(C)CC(Cl)CNC(=O)C1(CC(C)C)CCCC1. The molecule has 0 radical (unpaired) electrons. The van der Waals surface area contributed by atoms with Gasteiger partial charge in [-0.3, -0.25) is 4.79 Å². The Morgan fingerprint density at radius 1 is 1.16 bits per heavy atom. The van der Waals surface area contributed by atoms with E-state index in [9.17, 15) is 4.79 Å². The Bertz CT molecular complexity index is 282. The van der Waals surface area contributed by atoms with E-state index in [-0.39, 0.29) is 16.7 Å². The average molecular weight is 288 g/mol. The van der Waals surface area contributed by atoms with Gasteiger partial charge in [-0.25, -0.2) is 0 Å². The second-order valence-electron chi connectivity index (χ2n) is 7.02. The summed E-state index contributed by atoms with van der Waals surface area (Å²) in [7, 11) is 0. The van der Waals surface area contributed by atoms with Gasteiger partial charge in [0, 0.05) is 12.0 Å². The number of amides is 1. The van der Waals surface area contributed by atoms with Crippen molar-refractivity contribution >= 4 is 17.5 Å². The average Bonchev–Trinajstić information content (AvgIpc) is 2.73. The molecule has 0 aliphatic heterocycles. The molecule has 1 fully saturated rings. The fraction of sp³-hybridized carbons (Fsp3) is 0.938. The fourth-order valence-corrected chi connectivity index (χ4v) is 3.78. The zero-order chi connectivity index (χ0) is 14.5. The summed E-state index contributed by atoms with van der Waals surface area (Å²) in [5.74, 6) is 1.40. The van der Waals surface area contributed by atoms with Gasteiger partial charge in [0.15, 0.2) is 0 Å². The van der Waals surface area contributed by atoms with E-state index in [2.05, 4.69) is 33.0 Å². The molecule has 0 bridgehead atoms. The van der Waals surface area contributed by atoms with Crippen molar-refractivity contribution in [1.82, 2.24) is 5.32 Å². The molecule has 0 heterocycles. The predicted octanol–water partition coefficient (Wildman–Crippen LogP) is 4.36. The minimum Gasteiger partial charge on any atom is -0.354 e. The lowest BCUT2D eigenvalue weighted by molar-refractivity contribution is -0.131. The standard InChI is InChI=1S/C16H30ClNO/c1-12(2)9-14(17)11-18-15(19)16(10-13(3)4)7-5-6-8-16/h12-14H,5-11H2,1-4H3,(H,18,19). The maximum atomic E-state index is 12.5. The van der Waals surface area contributed by atoms with Crippen molar-refractivity contribution in [1.29, 1.82) is 0 Å². The van der Waals surface area contributed by atoms with Crippen molar-refractivity contribution in [3.05, 3.63) is 0 Å². The highest BCUT2D eigenvalue weighted by Crippen LogP contribution is 2.43. The van der Waals surface area contributed by atoms with E-state index in [1.807, 2.05) is 0 Å². The van der Waals surface area contributed by atoms with Gasteiger partial charge in [0.1, 0.15) is 0 Å². The Morgan fingerprint density at radius 2 is 1.74 bits per heavy atom. The minimum absolute atomic E-state index is 0.0569. The van der Waals surface area contributed by atoms with Crippen LogP contribution in [0.15, 0.2) is 0 Å². The molecule has 1 unspecified atom stereocenters. The van der Waals surface area contributed by atoms with Gasteiger partial charge in [0.05, 0.1) is 5.38 Å². The first kappa shape index (κ1) is 16.8. The van der Waals surface area contributed by atoms with Crippen LogP contribution in [0.4, 0.5) is 0 Å². The number of alkyl halides is 1. The molecule has 0 saturated heterocycles. The first-order chi connectivity index (χ1) is 8.85. The van der Waals surface area contributed by atoms with Crippen molar-refractivity contribution in [2.24, 2.45) is 17.3 Å². The van der Waals surface area contributed by atoms with Gasteiger partial charge in [-0.2, -0.15) is 0 Å². The van der Waals surface area contributed by atoms with Crippen LogP contribution >= 0.6 is 11.6 Å². The topological polar surface area (TPSA) is 29.1 Å². The molecule has 1 saturated carbocycles. The fourth-order valence-electron chi connectivity index (χ4n) is 3.34. The number of halogens is 1. The van der Waals surface area contributed by atoms with Crippen molar-refractivity contribution in [3.63, 3.8) is 0 Å². The molecule has 0 aromatic rings. The molecular weight excluding hydrogens is 258 g/mol. The highest BCUT2D eigenvalue weighted by molar-refractivity contribution is 6.20. The van der Waals surface area contributed by atoms with Crippen LogP contribution in [-0.2, 0) is 4.79 Å². The molecular formula is C16H30ClNO. The number of hydrogen-bond acceptors (Lipinski definition) is 1. The van der Waals surface area contributed by atoms with E-state index in [0.717, 1.165) is 25.7 Å². The number of carbonyl (C=O) groups excluding carboxylic acids is 1. The second kappa shape index (κ2) is 7.52. The highest BCUT2D eigenvalue weighted by atomic mass is 35.5. The molecule has 0 spiro atoms. The molecule has 0 aromatic carbocycles. The zero-order valence-corrected chi connectivity index (χ0v) is 13.7. The largest absolute Gasteiger partial charge is 0.354 e. The Hall–Kier alpha value is -0.240. The first-order valence-corrected chi connectivity index (χ1v) is 8.22. The highest BCUT2D eigenvalue weighted by Gasteiger charge is 2.41. The molecule has 0 aromatic heterocycles. The van der Waals surface area contributed by atoms with E-state index in [4.69, 9.17) is 11.6 Å². The molecule has 1 aliphatic carbocycles. The lowest BCUT2D eigenvalue weighted by Gasteiger charge is -2.30. The summed E-state index contributed by atoms with van der Waals surface area (Å²) in [5, 5.41) is 3.16. The predicted molar refractivity (Wildman–Crippen MR) is 82.5 cm³/mol. The molecule has 1 aliphatic rings. The van der Waals surface area contributed by atoms with E-state index < -0.39 is 0 Å². The first-order valence-electron chi connectivity index (χ1n) is 7.78. The summed E-state index contributed by atoms with van der Waals surface area (Å²) >= 11 is 6.26. The van der Waals surface area contributed by atoms with Crippen LogP contribution in [0.3, 0.4) is 0 Å². The van der Waals surface area contributed by atoms with Gasteiger partial charge in [-0.15, -0.1) is 11.6 Å². The van der Waals surface area contributed by atoms with Crippen LogP contribution in [0.1, 0.15) is 66.2 Å². The Labute approximate surface area is 123 Å². The van der Waals surface area contributed by atoms with Crippen LogP contribution in [0.5, 0.6) is 0 Å². The summed E-state index contributed by atoms with van der Waals surface area (Å²) in [6.07, 6.45) is 6.45. The second-order valence-corrected chi connectivity index (χ2v) is 7.64. The summed E-state index contributed by atoms with van der Waals surface area (Å²) in [6, 6.07) is 0. The third-order valence-electron chi connectivity index (χ3n) is 4.05. The van der Waals surface area contributed by atoms with Crippen molar-refractivity contribution in [3.8, 4) is 0 Å². The maximum absolute atomic E-state index is 12.5. The molecule has 2 nitrogen and oxygen atoms in total. The number of carbonyl (C=O) groups is 1. The Kier molecular flexibility index (Phi) is 6.65. The lowest BCUT2D eigenvalue weighted by Crippen LogP contribution is -2.42. The molecule has 1 rings (SSSR count). The van der Waals surface area contributed by atoms with Crippen molar-refractivity contribution in [2.45, 2.75) is 71.6 Å². The van der Waals surface area contributed by atoms with E-state index in [0.29, 0.717) is 18.4 Å². The summed E-state index contributed by atoms with van der Waals surface area (Å²) < 4.78 is 0. The van der Waals surface area contributed by atoms with Gasteiger partial charge in [0.2, 0.25) is 5.91 Å². The molecule has 3 heteroatoms. The molecule has 1 atom stereocenters. The van der Waals surface area contributed by atoms with Crippen molar-refractivity contribution in [2.75, 3.05) is 6.54 Å². The molecule has 19 heavy (non-hydrogen) atoms. The van der Waals surface area contributed by atoms with E-state index >= 15 is 0 Å². The normalized spacial score (nSPS) is 19.9. The monoisotopic (exact) mass is 287 g/mol. The van der Waals surface area contributed by atoms with Gasteiger partial charge < -0.3 is 5.32 Å². The Morgan fingerprint density at radius 3 is 2.21 bits per heavy atom. The third-order valence-corrected chi connectivity index (χ3v) is 4.39. The molecule has 1 amide bonds.